The van der Waals surface area contributed by atoms with Crippen LogP contribution in [-0.2, 0) is 6.42 Å². The fourth-order valence-electron chi connectivity index (χ4n) is 4.16. The Hall–Kier alpha value is -2.64. The maximum atomic E-state index is 12.9. The Morgan fingerprint density at radius 2 is 2.10 bits per heavy atom. The number of benzene rings is 2. The van der Waals surface area contributed by atoms with Crippen molar-refractivity contribution in [2.45, 2.75) is 18.9 Å². The number of nitrogens with zero attached hydrogens (tertiary/aromatic N) is 2. The average molecular weight is 409 g/mol. The summed E-state index contributed by atoms with van der Waals surface area (Å²) < 4.78 is 6.37. The normalized spacial score (nSPS) is 18.7. The first-order chi connectivity index (χ1) is 14.2. The van der Waals surface area contributed by atoms with Crippen LogP contribution in [0, 0.1) is 0 Å². The van der Waals surface area contributed by atoms with E-state index in [9.17, 15) is 4.79 Å². The van der Waals surface area contributed by atoms with Gasteiger partial charge in [-0.2, -0.15) is 0 Å². The smallest absolute Gasteiger partial charge is 0.251 e. The van der Waals surface area contributed by atoms with E-state index in [1.807, 2.05) is 24.3 Å². The van der Waals surface area contributed by atoms with Crippen LogP contribution in [0.4, 0.5) is 5.13 Å². The largest absolute Gasteiger partial charge is 0.497 e. The van der Waals surface area contributed by atoms with E-state index in [-0.39, 0.29) is 11.9 Å². The number of carbonyl (C=O) groups is 1. The monoisotopic (exact) mass is 408 g/mol. The number of rotatable bonds is 4. The van der Waals surface area contributed by atoms with Crippen LogP contribution in [0.3, 0.4) is 0 Å². The van der Waals surface area contributed by atoms with Crippen LogP contribution in [0.1, 0.15) is 33.9 Å². The van der Waals surface area contributed by atoms with Crippen molar-refractivity contribution in [3.63, 3.8) is 0 Å². The quantitative estimate of drug-likeness (QED) is 0.694. The topological polar surface area (TPSA) is 66.5 Å². The highest BCUT2D eigenvalue weighted by Gasteiger charge is 2.25. The van der Waals surface area contributed by atoms with Crippen LogP contribution < -0.4 is 20.3 Å². The summed E-state index contributed by atoms with van der Waals surface area (Å²) in [6, 6.07) is 12.0. The highest BCUT2D eigenvalue weighted by Crippen LogP contribution is 2.34. The lowest BCUT2D eigenvalue weighted by molar-refractivity contribution is 0.0937. The minimum atomic E-state index is -0.0299. The van der Waals surface area contributed by atoms with Crippen molar-refractivity contribution >= 4 is 32.6 Å². The number of aryl methyl sites for hydroxylation is 1. The number of methoxy groups -OCH3 is 1. The number of aromatic nitrogens is 1. The summed E-state index contributed by atoms with van der Waals surface area (Å²) >= 11 is 1.66. The average Bonchev–Trinajstić information content (AvgIpc) is 3.37. The van der Waals surface area contributed by atoms with Crippen molar-refractivity contribution in [3.8, 4) is 5.75 Å². The highest BCUT2D eigenvalue weighted by molar-refractivity contribution is 7.22. The molecule has 29 heavy (non-hydrogen) atoms. The Morgan fingerprint density at radius 1 is 1.24 bits per heavy atom. The summed E-state index contributed by atoms with van der Waals surface area (Å²) in [5, 5.41) is 7.61. The summed E-state index contributed by atoms with van der Waals surface area (Å²) in [6.45, 7) is 3.91. The molecule has 7 heteroatoms. The Bertz CT molecular complexity index is 1060. The van der Waals surface area contributed by atoms with Crippen molar-refractivity contribution in [1.29, 1.82) is 0 Å². The highest BCUT2D eigenvalue weighted by atomic mass is 32.1. The molecule has 5 rings (SSSR count). The molecule has 3 aromatic rings. The van der Waals surface area contributed by atoms with Gasteiger partial charge in [-0.15, -0.1) is 0 Å². The predicted molar refractivity (Wildman–Crippen MR) is 116 cm³/mol. The zero-order valence-corrected chi connectivity index (χ0v) is 17.2. The first-order valence-electron chi connectivity index (χ1n) is 10.1. The van der Waals surface area contributed by atoms with Gasteiger partial charge in [-0.1, -0.05) is 17.4 Å². The molecule has 1 unspecified atom stereocenters. The minimum absolute atomic E-state index is 0.0299. The number of ether oxygens (including phenoxy) is 1. The van der Waals surface area contributed by atoms with Crippen molar-refractivity contribution in [2.75, 3.05) is 38.2 Å². The van der Waals surface area contributed by atoms with E-state index in [4.69, 9.17) is 9.72 Å². The molecular weight excluding hydrogens is 384 g/mol. The summed E-state index contributed by atoms with van der Waals surface area (Å²) in [4.78, 5) is 20.0. The van der Waals surface area contributed by atoms with E-state index in [1.165, 1.54) is 11.1 Å². The number of hydrogen-bond acceptors (Lipinski definition) is 6. The molecule has 1 aliphatic heterocycles. The molecule has 0 saturated carbocycles. The maximum Gasteiger partial charge on any atom is 0.251 e. The van der Waals surface area contributed by atoms with E-state index < -0.39 is 0 Å². The van der Waals surface area contributed by atoms with Gasteiger partial charge in [0.1, 0.15) is 5.75 Å². The number of carbonyl (C=O) groups excluding carboxylic acids is 1. The maximum absolute atomic E-state index is 12.9. The third-order valence-electron chi connectivity index (χ3n) is 5.76. The second-order valence-electron chi connectivity index (χ2n) is 7.55. The van der Waals surface area contributed by atoms with E-state index in [1.54, 1.807) is 18.4 Å². The number of fused-ring (bicyclic) bond motifs is 2. The summed E-state index contributed by atoms with van der Waals surface area (Å²) in [6.07, 6.45) is 1.88. The second-order valence-corrected chi connectivity index (χ2v) is 8.55. The van der Waals surface area contributed by atoms with Crippen LogP contribution >= 0.6 is 11.3 Å². The SMILES string of the molecule is COc1ccc2c(c1)CCC2NC(=O)c1ccc2nc(N3CCNCC3)sc2c1. The molecule has 1 aromatic heterocycles. The Labute approximate surface area is 173 Å². The molecule has 1 amide bonds. The second kappa shape index (κ2) is 7.65. The number of hydrogen-bond donors (Lipinski definition) is 2. The molecule has 0 spiro atoms. The molecule has 1 atom stereocenters. The van der Waals surface area contributed by atoms with Crippen molar-refractivity contribution in [3.05, 3.63) is 53.1 Å². The fourth-order valence-corrected chi connectivity index (χ4v) is 5.21. The first kappa shape index (κ1) is 18.4. The van der Waals surface area contributed by atoms with Crippen LogP contribution in [0.15, 0.2) is 36.4 Å². The molecule has 1 fully saturated rings. The number of anilines is 1. The lowest BCUT2D eigenvalue weighted by Gasteiger charge is -2.26. The molecule has 0 radical (unpaired) electrons. The first-order valence-corrected chi connectivity index (χ1v) is 10.9. The molecule has 2 heterocycles. The van der Waals surface area contributed by atoms with E-state index in [0.717, 1.165) is 60.1 Å². The summed E-state index contributed by atoms with van der Waals surface area (Å²) in [5.74, 6) is 0.837. The van der Waals surface area contributed by atoms with Gasteiger partial charge in [-0.05, 0) is 54.3 Å². The summed E-state index contributed by atoms with van der Waals surface area (Å²) in [7, 11) is 1.68. The molecular formula is C22H24N4O2S. The standard InChI is InChI=1S/C22H24N4O2S/c1-28-16-4-5-17-14(12-16)2-6-18(17)24-21(27)15-3-7-19-20(13-15)29-22(25-19)26-10-8-23-9-11-26/h3-5,7,12-13,18,23H,2,6,8-11H2,1H3,(H,24,27). The molecule has 1 saturated heterocycles. The van der Waals surface area contributed by atoms with Crippen LogP contribution in [-0.4, -0.2) is 44.2 Å². The Morgan fingerprint density at radius 3 is 2.93 bits per heavy atom. The van der Waals surface area contributed by atoms with E-state index >= 15 is 0 Å². The van der Waals surface area contributed by atoms with Gasteiger partial charge in [0.2, 0.25) is 0 Å². The van der Waals surface area contributed by atoms with Crippen LogP contribution in [0.5, 0.6) is 5.75 Å². The Kier molecular flexibility index (Phi) is 4.85. The molecule has 6 nitrogen and oxygen atoms in total. The molecule has 150 valence electrons. The summed E-state index contributed by atoms with van der Waals surface area (Å²) in [5.41, 5.74) is 4.10. The fraction of sp³-hybridized carbons (Fsp3) is 0.364. The van der Waals surface area contributed by atoms with E-state index in [2.05, 4.69) is 27.7 Å². The van der Waals surface area contributed by atoms with Crippen LogP contribution in [0.25, 0.3) is 10.2 Å². The van der Waals surface area contributed by atoms with Gasteiger partial charge in [0.05, 0.1) is 23.4 Å². The minimum Gasteiger partial charge on any atom is -0.497 e. The lowest BCUT2D eigenvalue weighted by Crippen LogP contribution is -2.43. The van der Waals surface area contributed by atoms with Crippen molar-refractivity contribution in [2.24, 2.45) is 0 Å². The molecule has 0 bridgehead atoms. The van der Waals surface area contributed by atoms with Crippen molar-refractivity contribution in [1.82, 2.24) is 15.6 Å². The number of thiazole rings is 1. The zero-order chi connectivity index (χ0) is 19.8. The molecule has 1 aliphatic carbocycles. The molecule has 2 aromatic carbocycles. The number of amides is 1. The predicted octanol–water partition coefficient (Wildman–Crippen LogP) is 3.13. The lowest BCUT2D eigenvalue weighted by atomic mass is 10.1. The van der Waals surface area contributed by atoms with Gasteiger partial charge in [0, 0.05) is 31.7 Å². The van der Waals surface area contributed by atoms with Crippen molar-refractivity contribution < 1.29 is 9.53 Å². The van der Waals surface area contributed by atoms with Gasteiger partial charge >= 0.3 is 0 Å². The van der Waals surface area contributed by atoms with Gasteiger partial charge in [0.25, 0.3) is 5.91 Å². The Balaban J connectivity index is 1.34. The van der Waals surface area contributed by atoms with Gasteiger partial charge in [0.15, 0.2) is 5.13 Å². The zero-order valence-electron chi connectivity index (χ0n) is 16.4. The number of piperazine rings is 1. The third kappa shape index (κ3) is 3.56. The number of nitrogens with one attached hydrogen (secondary N) is 2. The molecule has 2 aliphatic rings. The van der Waals surface area contributed by atoms with Gasteiger partial charge in [-0.25, -0.2) is 4.98 Å². The van der Waals surface area contributed by atoms with Crippen LogP contribution in [0.2, 0.25) is 0 Å². The van der Waals surface area contributed by atoms with Gasteiger partial charge < -0.3 is 20.3 Å². The molecule has 2 N–H and O–H groups in total. The third-order valence-corrected chi connectivity index (χ3v) is 6.84. The van der Waals surface area contributed by atoms with E-state index in [0.29, 0.717) is 5.56 Å². The van der Waals surface area contributed by atoms with Gasteiger partial charge in [-0.3, -0.25) is 4.79 Å².